The minimum atomic E-state index is -3.11. The van der Waals surface area contributed by atoms with Crippen molar-refractivity contribution >= 4 is 16.0 Å². The van der Waals surface area contributed by atoms with Crippen molar-refractivity contribution in [1.82, 2.24) is 14.9 Å². The van der Waals surface area contributed by atoms with Gasteiger partial charge in [-0.15, -0.1) is 0 Å². The number of likely N-dealkylation sites (tertiary alicyclic amines) is 1. The first-order chi connectivity index (χ1) is 9.88. The fraction of sp³-hybridized carbons (Fsp3) is 0.929. The molecule has 0 spiro atoms. The molecule has 1 saturated heterocycles. The molecule has 0 aliphatic carbocycles. The molecule has 1 aliphatic rings. The summed E-state index contributed by atoms with van der Waals surface area (Å²) in [6.45, 7) is 9.16. The van der Waals surface area contributed by atoms with Crippen LogP contribution in [0.1, 0.15) is 33.6 Å². The van der Waals surface area contributed by atoms with Crippen molar-refractivity contribution in [3.63, 3.8) is 0 Å². The van der Waals surface area contributed by atoms with E-state index in [1.54, 1.807) is 14.0 Å². The lowest BCUT2D eigenvalue weighted by Crippen LogP contribution is -2.43. The van der Waals surface area contributed by atoms with Gasteiger partial charge in [-0.1, -0.05) is 13.8 Å². The Hall–Kier alpha value is -0.820. The van der Waals surface area contributed by atoms with Crippen molar-refractivity contribution in [3.05, 3.63) is 0 Å². The van der Waals surface area contributed by atoms with E-state index in [-0.39, 0.29) is 5.75 Å². The largest absolute Gasteiger partial charge is 0.355 e. The third-order valence-corrected chi connectivity index (χ3v) is 5.12. The van der Waals surface area contributed by atoms with E-state index in [1.807, 2.05) is 0 Å². The lowest BCUT2D eigenvalue weighted by Gasteiger charge is -2.22. The Kier molecular flexibility index (Phi) is 7.45. The zero-order chi connectivity index (χ0) is 15.9. The first-order valence-electron chi connectivity index (χ1n) is 7.80. The zero-order valence-electron chi connectivity index (χ0n) is 13.7. The van der Waals surface area contributed by atoms with E-state index in [0.29, 0.717) is 13.1 Å². The molecular weight excluding hydrogens is 288 g/mol. The lowest BCUT2D eigenvalue weighted by atomic mass is 9.97. The van der Waals surface area contributed by atoms with E-state index in [0.717, 1.165) is 30.9 Å². The van der Waals surface area contributed by atoms with Gasteiger partial charge in [-0.3, -0.25) is 4.99 Å². The van der Waals surface area contributed by atoms with Crippen molar-refractivity contribution in [1.29, 1.82) is 0 Å². The fourth-order valence-corrected chi connectivity index (χ4v) is 3.32. The highest BCUT2D eigenvalue weighted by Crippen LogP contribution is 2.23. The molecule has 7 heteroatoms. The van der Waals surface area contributed by atoms with E-state index in [4.69, 9.17) is 0 Å². The standard InChI is InChI=1S/C14H30N4O2S/c1-5-21(19,20)17-8-7-16-14(15-4)18-9-6-13(11-18)10-12(2)3/h12-13,17H,5-11H2,1-4H3,(H,15,16). The predicted molar refractivity (Wildman–Crippen MR) is 88.0 cm³/mol. The van der Waals surface area contributed by atoms with E-state index >= 15 is 0 Å². The lowest BCUT2D eigenvalue weighted by molar-refractivity contribution is 0.404. The Balaban J connectivity index is 2.33. The third-order valence-electron chi connectivity index (χ3n) is 3.71. The number of hydrogen-bond acceptors (Lipinski definition) is 3. The number of rotatable bonds is 7. The van der Waals surface area contributed by atoms with Crippen LogP contribution in [0.25, 0.3) is 0 Å². The van der Waals surface area contributed by atoms with Crippen molar-refractivity contribution in [2.75, 3.05) is 39.0 Å². The van der Waals surface area contributed by atoms with E-state index < -0.39 is 10.0 Å². The quantitative estimate of drug-likeness (QED) is 0.415. The van der Waals surface area contributed by atoms with Crippen molar-refractivity contribution in [2.45, 2.75) is 33.6 Å². The summed E-state index contributed by atoms with van der Waals surface area (Å²) in [4.78, 5) is 6.56. The van der Waals surface area contributed by atoms with Gasteiger partial charge in [0.15, 0.2) is 5.96 Å². The van der Waals surface area contributed by atoms with Crippen LogP contribution in [0.4, 0.5) is 0 Å². The van der Waals surface area contributed by atoms with Gasteiger partial charge < -0.3 is 10.2 Å². The Bertz CT molecular complexity index is 434. The second kappa shape index (κ2) is 8.58. The molecule has 1 unspecified atom stereocenters. The topological polar surface area (TPSA) is 73.8 Å². The number of nitrogens with zero attached hydrogens (tertiary/aromatic N) is 2. The average molecular weight is 318 g/mol. The maximum Gasteiger partial charge on any atom is 0.211 e. The minimum Gasteiger partial charge on any atom is -0.355 e. The molecule has 0 aromatic heterocycles. The van der Waals surface area contributed by atoms with Gasteiger partial charge in [0.2, 0.25) is 10.0 Å². The molecule has 0 aromatic carbocycles. The molecule has 0 radical (unpaired) electrons. The van der Waals surface area contributed by atoms with E-state index in [2.05, 4.69) is 33.8 Å². The molecule has 6 nitrogen and oxygen atoms in total. The second-order valence-corrected chi connectivity index (χ2v) is 8.10. The summed E-state index contributed by atoms with van der Waals surface area (Å²) in [6, 6.07) is 0. The number of aliphatic imine (C=N–C) groups is 1. The van der Waals surface area contributed by atoms with Crippen LogP contribution in [0.5, 0.6) is 0 Å². The summed E-state index contributed by atoms with van der Waals surface area (Å²) in [5, 5.41) is 3.23. The SMILES string of the molecule is CCS(=O)(=O)NCCNC(=NC)N1CCC(CC(C)C)C1. The number of guanidine groups is 1. The first kappa shape index (κ1) is 18.2. The molecule has 0 saturated carbocycles. The Morgan fingerprint density at radius 1 is 1.38 bits per heavy atom. The van der Waals surface area contributed by atoms with Crippen LogP contribution >= 0.6 is 0 Å². The Labute approximate surface area is 129 Å². The van der Waals surface area contributed by atoms with Crippen LogP contribution in [0.3, 0.4) is 0 Å². The summed E-state index contributed by atoms with van der Waals surface area (Å²) in [7, 11) is -1.34. The second-order valence-electron chi connectivity index (χ2n) is 6.00. The van der Waals surface area contributed by atoms with Crippen LogP contribution in [0, 0.1) is 11.8 Å². The monoisotopic (exact) mass is 318 g/mol. The van der Waals surface area contributed by atoms with Crippen LogP contribution in [-0.4, -0.2) is 58.3 Å². The van der Waals surface area contributed by atoms with Gasteiger partial charge in [-0.2, -0.15) is 0 Å². The molecule has 0 amide bonds. The van der Waals surface area contributed by atoms with Crippen LogP contribution < -0.4 is 10.0 Å². The highest BCUT2D eigenvalue weighted by Gasteiger charge is 2.25. The van der Waals surface area contributed by atoms with Crippen molar-refractivity contribution in [2.24, 2.45) is 16.8 Å². The molecule has 1 fully saturated rings. The summed E-state index contributed by atoms with van der Waals surface area (Å²) < 4.78 is 25.2. The van der Waals surface area contributed by atoms with Gasteiger partial charge in [0.05, 0.1) is 5.75 Å². The molecule has 124 valence electrons. The Morgan fingerprint density at radius 3 is 2.67 bits per heavy atom. The van der Waals surface area contributed by atoms with Crippen LogP contribution in [0.15, 0.2) is 4.99 Å². The van der Waals surface area contributed by atoms with Crippen molar-refractivity contribution < 1.29 is 8.42 Å². The maximum absolute atomic E-state index is 11.3. The highest BCUT2D eigenvalue weighted by atomic mass is 32.2. The third kappa shape index (κ3) is 6.65. The molecule has 1 heterocycles. The molecular formula is C14H30N4O2S. The minimum absolute atomic E-state index is 0.116. The normalized spacial score (nSPS) is 20.3. The summed E-state index contributed by atoms with van der Waals surface area (Å²) in [5.41, 5.74) is 0. The molecule has 1 atom stereocenters. The molecule has 0 aromatic rings. The highest BCUT2D eigenvalue weighted by molar-refractivity contribution is 7.89. The van der Waals surface area contributed by atoms with E-state index in [9.17, 15) is 8.42 Å². The number of hydrogen-bond donors (Lipinski definition) is 2. The summed E-state index contributed by atoms with van der Waals surface area (Å²) in [6.07, 6.45) is 2.46. The number of nitrogens with one attached hydrogen (secondary N) is 2. The predicted octanol–water partition coefficient (Wildman–Crippen LogP) is 0.869. The van der Waals surface area contributed by atoms with Crippen LogP contribution in [-0.2, 0) is 10.0 Å². The number of sulfonamides is 1. The Morgan fingerprint density at radius 2 is 2.10 bits per heavy atom. The van der Waals surface area contributed by atoms with Gasteiger partial charge in [-0.25, -0.2) is 13.1 Å². The molecule has 0 bridgehead atoms. The van der Waals surface area contributed by atoms with Crippen molar-refractivity contribution in [3.8, 4) is 0 Å². The molecule has 1 rings (SSSR count). The molecule has 2 N–H and O–H groups in total. The van der Waals surface area contributed by atoms with Gasteiger partial charge >= 0.3 is 0 Å². The molecule has 21 heavy (non-hydrogen) atoms. The average Bonchev–Trinajstić information content (AvgIpc) is 2.86. The van der Waals surface area contributed by atoms with Gasteiger partial charge in [0.1, 0.15) is 0 Å². The van der Waals surface area contributed by atoms with E-state index in [1.165, 1.54) is 12.8 Å². The first-order valence-corrected chi connectivity index (χ1v) is 9.46. The maximum atomic E-state index is 11.3. The van der Waals surface area contributed by atoms with Gasteiger partial charge in [0, 0.05) is 33.2 Å². The van der Waals surface area contributed by atoms with Crippen LogP contribution in [0.2, 0.25) is 0 Å². The fourth-order valence-electron chi connectivity index (χ4n) is 2.70. The van der Waals surface area contributed by atoms with Gasteiger partial charge in [-0.05, 0) is 31.6 Å². The smallest absolute Gasteiger partial charge is 0.211 e. The summed E-state index contributed by atoms with van der Waals surface area (Å²) >= 11 is 0. The molecule has 1 aliphatic heterocycles. The summed E-state index contributed by atoms with van der Waals surface area (Å²) in [5.74, 6) is 2.46. The zero-order valence-corrected chi connectivity index (χ0v) is 14.5. The van der Waals surface area contributed by atoms with Gasteiger partial charge in [0.25, 0.3) is 0 Å².